The third-order valence-corrected chi connectivity index (χ3v) is 3.04. The third kappa shape index (κ3) is 3.60. The van der Waals surface area contributed by atoms with Gasteiger partial charge >= 0.3 is 0 Å². The van der Waals surface area contributed by atoms with Crippen LogP contribution in [0.1, 0.15) is 44.6 Å². The molecule has 0 saturated carbocycles. The van der Waals surface area contributed by atoms with Gasteiger partial charge in [0.15, 0.2) is 0 Å². The van der Waals surface area contributed by atoms with Crippen molar-refractivity contribution in [3.05, 3.63) is 35.9 Å². The fraction of sp³-hybridized carbons (Fsp3) is 0.571. The fourth-order valence-electron chi connectivity index (χ4n) is 1.93. The zero-order chi connectivity index (χ0) is 11.9. The lowest BCUT2D eigenvalue weighted by Gasteiger charge is -2.24. The largest absolute Gasteiger partial charge is 0.327 e. The summed E-state index contributed by atoms with van der Waals surface area (Å²) in [5.74, 6) is 0. The summed E-state index contributed by atoms with van der Waals surface area (Å²) < 4.78 is 14.6. The van der Waals surface area contributed by atoms with Gasteiger partial charge in [-0.1, -0.05) is 56.5 Å². The van der Waals surface area contributed by atoms with Crippen molar-refractivity contribution < 1.29 is 4.39 Å². The fourth-order valence-corrected chi connectivity index (χ4v) is 1.93. The first-order valence-corrected chi connectivity index (χ1v) is 6.17. The molecule has 1 unspecified atom stereocenters. The molecule has 0 heterocycles. The molecular formula is C14H22FN. The molecule has 1 aromatic rings. The first-order valence-electron chi connectivity index (χ1n) is 6.17. The molecule has 0 aliphatic carbocycles. The number of benzene rings is 1. The van der Waals surface area contributed by atoms with Crippen molar-refractivity contribution in [2.24, 2.45) is 5.73 Å². The van der Waals surface area contributed by atoms with Crippen LogP contribution in [0.5, 0.6) is 0 Å². The van der Waals surface area contributed by atoms with E-state index in [4.69, 9.17) is 5.73 Å². The molecule has 1 rings (SSSR count). The van der Waals surface area contributed by atoms with Crippen molar-refractivity contribution >= 4 is 0 Å². The van der Waals surface area contributed by atoms with E-state index in [1.54, 1.807) is 0 Å². The van der Waals surface area contributed by atoms with Gasteiger partial charge in [0.25, 0.3) is 0 Å². The lowest BCUT2D eigenvalue weighted by Crippen LogP contribution is -2.30. The Morgan fingerprint density at radius 1 is 1.12 bits per heavy atom. The van der Waals surface area contributed by atoms with Crippen molar-refractivity contribution in [2.45, 2.75) is 44.7 Å². The van der Waals surface area contributed by atoms with E-state index in [9.17, 15) is 4.39 Å². The van der Waals surface area contributed by atoms with E-state index in [1.807, 2.05) is 30.3 Å². The minimum atomic E-state index is -1.34. The van der Waals surface area contributed by atoms with Crippen LogP contribution in [0, 0.1) is 0 Å². The number of alkyl halides is 1. The van der Waals surface area contributed by atoms with Crippen LogP contribution in [0.4, 0.5) is 4.39 Å². The minimum absolute atomic E-state index is 0.0726. The summed E-state index contributed by atoms with van der Waals surface area (Å²) in [6.07, 6.45) is 4.89. The van der Waals surface area contributed by atoms with Gasteiger partial charge < -0.3 is 5.73 Å². The van der Waals surface area contributed by atoms with Gasteiger partial charge in [0.05, 0.1) is 0 Å². The highest BCUT2D eigenvalue weighted by Gasteiger charge is 2.29. The lowest BCUT2D eigenvalue weighted by molar-refractivity contribution is 0.155. The average molecular weight is 223 g/mol. The van der Waals surface area contributed by atoms with Crippen LogP contribution < -0.4 is 5.73 Å². The van der Waals surface area contributed by atoms with Crippen LogP contribution in [0.3, 0.4) is 0 Å². The van der Waals surface area contributed by atoms with Gasteiger partial charge in [-0.2, -0.15) is 0 Å². The Kier molecular flexibility index (Phi) is 5.47. The summed E-state index contributed by atoms with van der Waals surface area (Å²) in [5.41, 5.74) is 4.96. The third-order valence-electron chi connectivity index (χ3n) is 3.04. The van der Waals surface area contributed by atoms with Gasteiger partial charge in [-0.25, -0.2) is 4.39 Å². The molecular weight excluding hydrogens is 201 g/mol. The summed E-state index contributed by atoms with van der Waals surface area (Å²) >= 11 is 0. The van der Waals surface area contributed by atoms with E-state index >= 15 is 0 Å². The van der Waals surface area contributed by atoms with E-state index in [0.717, 1.165) is 12.8 Å². The van der Waals surface area contributed by atoms with Crippen LogP contribution in [0.2, 0.25) is 0 Å². The maximum Gasteiger partial charge on any atom is 0.148 e. The maximum absolute atomic E-state index is 14.6. The zero-order valence-electron chi connectivity index (χ0n) is 10.1. The topological polar surface area (TPSA) is 26.0 Å². The molecule has 2 heteroatoms. The molecule has 16 heavy (non-hydrogen) atoms. The molecule has 0 spiro atoms. The van der Waals surface area contributed by atoms with Crippen molar-refractivity contribution in [3.8, 4) is 0 Å². The molecule has 0 fully saturated rings. The molecule has 0 amide bonds. The Morgan fingerprint density at radius 3 is 2.38 bits per heavy atom. The molecule has 0 aromatic heterocycles. The molecule has 0 saturated heterocycles. The molecule has 0 bridgehead atoms. The van der Waals surface area contributed by atoms with Crippen molar-refractivity contribution in [1.82, 2.24) is 0 Å². The van der Waals surface area contributed by atoms with Crippen molar-refractivity contribution in [2.75, 3.05) is 6.54 Å². The van der Waals surface area contributed by atoms with Crippen molar-refractivity contribution in [3.63, 3.8) is 0 Å². The van der Waals surface area contributed by atoms with Gasteiger partial charge in [0.1, 0.15) is 5.67 Å². The summed E-state index contributed by atoms with van der Waals surface area (Å²) in [4.78, 5) is 0. The average Bonchev–Trinajstić information content (AvgIpc) is 2.35. The lowest BCUT2D eigenvalue weighted by atomic mass is 9.90. The van der Waals surface area contributed by atoms with Crippen LogP contribution in [0.15, 0.2) is 30.3 Å². The molecule has 1 nitrogen and oxygen atoms in total. The highest BCUT2D eigenvalue weighted by Crippen LogP contribution is 2.30. The number of hydrogen-bond acceptors (Lipinski definition) is 1. The van der Waals surface area contributed by atoms with Gasteiger partial charge in [-0.15, -0.1) is 0 Å². The molecule has 0 aliphatic heterocycles. The highest BCUT2D eigenvalue weighted by atomic mass is 19.1. The van der Waals surface area contributed by atoms with E-state index < -0.39 is 5.67 Å². The normalized spacial score (nSPS) is 14.7. The quantitative estimate of drug-likeness (QED) is 0.699. The first-order chi connectivity index (χ1) is 7.73. The zero-order valence-corrected chi connectivity index (χ0v) is 10.1. The molecule has 1 atom stereocenters. The van der Waals surface area contributed by atoms with E-state index in [-0.39, 0.29) is 6.54 Å². The van der Waals surface area contributed by atoms with Crippen LogP contribution in [-0.2, 0) is 5.67 Å². The van der Waals surface area contributed by atoms with Crippen LogP contribution in [0.25, 0.3) is 0 Å². The van der Waals surface area contributed by atoms with E-state index in [2.05, 4.69) is 6.92 Å². The number of unbranched alkanes of at least 4 members (excludes halogenated alkanes) is 3. The van der Waals surface area contributed by atoms with Gasteiger partial charge in [-0.3, -0.25) is 0 Å². The molecule has 1 aromatic carbocycles. The van der Waals surface area contributed by atoms with Gasteiger partial charge in [0.2, 0.25) is 0 Å². The summed E-state index contributed by atoms with van der Waals surface area (Å²) in [6.45, 7) is 2.23. The van der Waals surface area contributed by atoms with Gasteiger partial charge in [-0.05, 0) is 18.4 Å². The number of nitrogens with two attached hydrogens (primary N) is 1. The van der Waals surface area contributed by atoms with E-state index in [1.165, 1.54) is 12.8 Å². The second-order valence-corrected chi connectivity index (χ2v) is 4.35. The standard InChI is InChI=1S/C14H22FN/c1-2-3-4-8-11-14(15,12-16)13-9-6-5-7-10-13/h5-7,9-10H,2-4,8,11-12,16H2,1H3. The monoisotopic (exact) mass is 223 g/mol. The Labute approximate surface area is 97.9 Å². The second kappa shape index (κ2) is 6.64. The van der Waals surface area contributed by atoms with Crippen LogP contribution in [-0.4, -0.2) is 6.54 Å². The maximum atomic E-state index is 14.6. The van der Waals surface area contributed by atoms with Crippen molar-refractivity contribution in [1.29, 1.82) is 0 Å². The summed E-state index contributed by atoms with van der Waals surface area (Å²) in [7, 11) is 0. The van der Waals surface area contributed by atoms with Crippen LogP contribution >= 0.6 is 0 Å². The predicted octanol–water partition coefficient (Wildman–Crippen LogP) is 3.78. The second-order valence-electron chi connectivity index (χ2n) is 4.35. The number of halogens is 1. The number of rotatable bonds is 7. The van der Waals surface area contributed by atoms with Gasteiger partial charge in [0, 0.05) is 6.54 Å². The minimum Gasteiger partial charge on any atom is -0.327 e. The predicted molar refractivity (Wildman–Crippen MR) is 67.0 cm³/mol. The summed E-state index contributed by atoms with van der Waals surface area (Å²) in [6, 6.07) is 9.29. The Morgan fingerprint density at radius 2 is 1.81 bits per heavy atom. The molecule has 2 N–H and O–H groups in total. The SMILES string of the molecule is CCCCCCC(F)(CN)c1ccccc1. The Balaban J connectivity index is 2.56. The molecule has 0 aliphatic rings. The summed E-state index contributed by atoms with van der Waals surface area (Å²) in [5, 5.41) is 0. The van der Waals surface area contributed by atoms with E-state index in [0.29, 0.717) is 12.0 Å². The Hall–Kier alpha value is -0.890. The number of hydrogen-bond donors (Lipinski definition) is 1. The Bertz CT molecular complexity index is 286. The first kappa shape index (κ1) is 13.2. The molecule has 90 valence electrons. The highest BCUT2D eigenvalue weighted by molar-refractivity contribution is 5.22. The molecule has 0 radical (unpaired) electrons. The smallest absolute Gasteiger partial charge is 0.148 e.